The highest BCUT2D eigenvalue weighted by atomic mass is 19.1. The molecule has 3 atom stereocenters. The number of rotatable bonds is 5. The quantitative estimate of drug-likeness (QED) is 0.730. The third-order valence-corrected chi connectivity index (χ3v) is 5.87. The molecule has 0 saturated carbocycles. The molecule has 3 heterocycles. The van der Waals surface area contributed by atoms with Crippen LogP contribution in [0, 0.1) is 17.6 Å². The molecular weight excluding hydrogens is 406 g/mol. The second kappa shape index (κ2) is 8.05. The van der Waals surface area contributed by atoms with Crippen LogP contribution in [0.4, 0.5) is 19.4 Å². The molecule has 0 radical (unpaired) electrons. The zero-order chi connectivity index (χ0) is 22.2. The average molecular weight is 428 g/mol. The molecule has 2 amide bonds. The van der Waals surface area contributed by atoms with Gasteiger partial charge in [0.1, 0.15) is 17.2 Å². The summed E-state index contributed by atoms with van der Waals surface area (Å²) in [6, 6.07) is 2.95. The van der Waals surface area contributed by atoms with E-state index in [2.05, 4.69) is 21.9 Å². The lowest BCUT2D eigenvalue weighted by atomic mass is 9.81. The maximum atomic E-state index is 13.4. The summed E-state index contributed by atoms with van der Waals surface area (Å²) in [5, 5.41) is 2.70. The number of piperidine rings is 1. The molecule has 0 bridgehead atoms. The molecule has 2 aliphatic heterocycles. The number of amides is 2. The molecule has 31 heavy (non-hydrogen) atoms. The third kappa shape index (κ3) is 4.26. The van der Waals surface area contributed by atoms with E-state index in [0.29, 0.717) is 25.1 Å². The van der Waals surface area contributed by atoms with Gasteiger partial charge in [0.25, 0.3) is 0 Å². The fourth-order valence-corrected chi connectivity index (χ4v) is 4.18. The summed E-state index contributed by atoms with van der Waals surface area (Å²) in [6.45, 7) is 6.14. The number of anilines is 1. The maximum absolute atomic E-state index is 13.4. The Morgan fingerprint density at radius 3 is 2.71 bits per heavy atom. The minimum atomic E-state index is -0.760. The zero-order valence-corrected chi connectivity index (χ0v) is 17.0. The second-order valence-corrected chi connectivity index (χ2v) is 8.05. The first-order chi connectivity index (χ1) is 14.8. The maximum Gasteiger partial charge on any atom is 0.411 e. The number of fused-ring (bicyclic) bond motifs is 1. The van der Waals surface area contributed by atoms with E-state index >= 15 is 0 Å². The minimum Gasteiger partial charge on any atom is -0.437 e. The van der Waals surface area contributed by atoms with Crippen LogP contribution < -0.4 is 5.32 Å². The molecule has 4 rings (SSSR count). The number of benzene rings is 1. The van der Waals surface area contributed by atoms with Crippen LogP contribution in [0.25, 0.3) is 11.3 Å². The van der Waals surface area contributed by atoms with Gasteiger partial charge in [0, 0.05) is 24.6 Å². The van der Waals surface area contributed by atoms with Crippen LogP contribution in [0.1, 0.15) is 26.2 Å². The summed E-state index contributed by atoms with van der Waals surface area (Å²) in [7, 11) is 0. The summed E-state index contributed by atoms with van der Waals surface area (Å²) >= 11 is 0. The Morgan fingerprint density at radius 2 is 2.06 bits per heavy atom. The Balaban J connectivity index is 1.37. The number of halogens is 2. The molecule has 1 aromatic carbocycles. The highest BCUT2D eigenvalue weighted by Crippen LogP contribution is 2.39. The largest absolute Gasteiger partial charge is 0.437 e. The lowest BCUT2D eigenvalue weighted by molar-refractivity contribution is -0.117. The Labute approximate surface area is 178 Å². The van der Waals surface area contributed by atoms with Gasteiger partial charge in [0.2, 0.25) is 5.91 Å². The van der Waals surface area contributed by atoms with Gasteiger partial charge in [0.15, 0.2) is 5.82 Å². The molecule has 1 N–H and O–H groups in total. The van der Waals surface area contributed by atoms with Crippen LogP contribution in [0.15, 0.2) is 43.2 Å². The third-order valence-electron chi connectivity index (χ3n) is 5.87. The molecule has 3 unspecified atom stereocenters. The summed E-state index contributed by atoms with van der Waals surface area (Å²) < 4.78 is 32.2. The minimum absolute atomic E-state index is 0.0810. The number of ether oxygens (including phenoxy) is 1. The van der Waals surface area contributed by atoms with Crippen molar-refractivity contribution in [1.29, 1.82) is 0 Å². The van der Waals surface area contributed by atoms with E-state index in [1.807, 2.05) is 6.92 Å². The first-order valence-corrected chi connectivity index (χ1v) is 9.99. The molecule has 2 aromatic rings. The number of hydrogen-bond donors (Lipinski definition) is 1. The van der Waals surface area contributed by atoms with Gasteiger partial charge in [-0.05, 0) is 43.9 Å². The smallest absolute Gasteiger partial charge is 0.411 e. The lowest BCUT2D eigenvalue weighted by Crippen LogP contribution is -2.47. The highest BCUT2D eigenvalue weighted by molar-refractivity contribution is 5.89. The lowest BCUT2D eigenvalue weighted by Gasteiger charge is -2.37. The SMILES string of the molecule is C=CC1(C)OC(=O)N2CCC(CC(=O)Nc3cnc(-c4cc(F)cc(F)c4)cn3)CC21. The van der Waals surface area contributed by atoms with Crippen molar-refractivity contribution in [2.75, 3.05) is 11.9 Å². The van der Waals surface area contributed by atoms with Gasteiger partial charge in [-0.15, -0.1) is 0 Å². The molecule has 9 heteroatoms. The first-order valence-electron chi connectivity index (χ1n) is 9.99. The first kappa shape index (κ1) is 20.9. The van der Waals surface area contributed by atoms with E-state index in [4.69, 9.17) is 4.74 Å². The Hall–Kier alpha value is -3.36. The Bertz CT molecular complexity index is 1010. The van der Waals surface area contributed by atoms with Crippen molar-refractivity contribution in [3.8, 4) is 11.3 Å². The van der Waals surface area contributed by atoms with E-state index in [-0.39, 0.29) is 41.8 Å². The van der Waals surface area contributed by atoms with Gasteiger partial charge >= 0.3 is 6.09 Å². The van der Waals surface area contributed by atoms with Crippen molar-refractivity contribution in [1.82, 2.24) is 14.9 Å². The van der Waals surface area contributed by atoms with Crippen molar-refractivity contribution in [3.63, 3.8) is 0 Å². The van der Waals surface area contributed by atoms with Crippen LogP contribution >= 0.6 is 0 Å². The number of aromatic nitrogens is 2. The highest BCUT2D eigenvalue weighted by Gasteiger charge is 2.51. The van der Waals surface area contributed by atoms with Crippen LogP contribution in [-0.2, 0) is 9.53 Å². The second-order valence-electron chi connectivity index (χ2n) is 8.05. The molecule has 0 spiro atoms. The van der Waals surface area contributed by atoms with Gasteiger partial charge in [-0.25, -0.2) is 18.6 Å². The molecular formula is C22H22F2N4O3. The van der Waals surface area contributed by atoms with Crippen LogP contribution in [0.2, 0.25) is 0 Å². The van der Waals surface area contributed by atoms with E-state index in [1.54, 1.807) is 11.0 Å². The number of cyclic esters (lactones) is 1. The van der Waals surface area contributed by atoms with Crippen LogP contribution in [0.5, 0.6) is 0 Å². The molecule has 162 valence electrons. The monoisotopic (exact) mass is 428 g/mol. The van der Waals surface area contributed by atoms with E-state index < -0.39 is 17.2 Å². The number of nitrogens with zero attached hydrogens (tertiary/aromatic N) is 3. The van der Waals surface area contributed by atoms with Crippen molar-refractivity contribution in [2.45, 2.75) is 37.8 Å². The molecule has 2 aliphatic rings. The summed E-state index contributed by atoms with van der Waals surface area (Å²) in [5.41, 5.74) is -0.212. The van der Waals surface area contributed by atoms with E-state index in [0.717, 1.165) is 18.2 Å². The Morgan fingerprint density at radius 1 is 1.32 bits per heavy atom. The van der Waals surface area contributed by atoms with Gasteiger partial charge in [-0.2, -0.15) is 0 Å². The molecule has 7 nitrogen and oxygen atoms in total. The fraction of sp³-hybridized carbons (Fsp3) is 0.364. The number of nitrogens with one attached hydrogen (secondary N) is 1. The van der Waals surface area contributed by atoms with E-state index in [9.17, 15) is 18.4 Å². The number of carbonyl (C=O) groups is 2. The summed E-state index contributed by atoms with van der Waals surface area (Å²) in [5.74, 6) is -1.30. The summed E-state index contributed by atoms with van der Waals surface area (Å²) in [6.07, 6.45) is 5.59. The number of hydrogen-bond acceptors (Lipinski definition) is 5. The van der Waals surface area contributed by atoms with Gasteiger partial charge in [0.05, 0.1) is 24.1 Å². The predicted molar refractivity (Wildman–Crippen MR) is 109 cm³/mol. The Kier molecular flexibility index (Phi) is 5.43. The van der Waals surface area contributed by atoms with E-state index in [1.165, 1.54) is 12.4 Å². The van der Waals surface area contributed by atoms with Gasteiger partial charge in [-0.1, -0.05) is 6.58 Å². The van der Waals surface area contributed by atoms with Crippen LogP contribution in [-0.4, -0.2) is 45.1 Å². The van der Waals surface area contributed by atoms with Crippen molar-refractivity contribution < 1.29 is 23.1 Å². The number of carbonyl (C=O) groups excluding carboxylic acids is 2. The zero-order valence-electron chi connectivity index (χ0n) is 17.0. The van der Waals surface area contributed by atoms with Crippen molar-refractivity contribution in [2.24, 2.45) is 5.92 Å². The molecule has 1 aromatic heterocycles. The van der Waals surface area contributed by atoms with Crippen LogP contribution in [0.3, 0.4) is 0 Å². The molecule has 2 fully saturated rings. The van der Waals surface area contributed by atoms with Gasteiger partial charge in [-0.3, -0.25) is 9.78 Å². The van der Waals surface area contributed by atoms with Crippen molar-refractivity contribution >= 4 is 17.8 Å². The fourth-order valence-electron chi connectivity index (χ4n) is 4.18. The molecule has 0 aliphatic carbocycles. The molecule has 2 saturated heterocycles. The topological polar surface area (TPSA) is 84.4 Å². The standard InChI is InChI=1S/C22H22F2N4O3/c1-3-22(2)18-6-13(4-5-28(18)21(30)31-22)7-20(29)27-19-12-25-17(11-26-19)14-8-15(23)10-16(24)9-14/h3,8-13,18H,1,4-7H2,2H3,(H,26,27,29). The normalized spacial score (nSPS) is 25.0. The average Bonchev–Trinajstić information content (AvgIpc) is 2.98. The summed E-state index contributed by atoms with van der Waals surface area (Å²) in [4.78, 5) is 34.5. The van der Waals surface area contributed by atoms with Crippen molar-refractivity contribution in [3.05, 3.63) is 54.9 Å². The van der Waals surface area contributed by atoms with Gasteiger partial charge < -0.3 is 15.0 Å². The predicted octanol–water partition coefficient (Wildman–Crippen LogP) is 3.93.